The fourth-order valence-electron chi connectivity index (χ4n) is 4.48. The molecule has 0 unspecified atom stereocenters. The van der Waals surface area contributed by atoms with Crippen molar-refractivity contribution in [2.75, 3.05) is 13.7 Å². The van der Waals surface area contributed by atoms with Crippen LogP contribution >= 0.6 is 0 Å². The molecule has 0 atom stereocenters. The highest BCUT2D eigenvalue weighted by Gasteiger charge is 2.38. The Morgan fingerprint density at radius 3 is 2.24 bits per heavy atom. The van der Waals surface area contributed by atoms with Gasteiger partial charge in [-0.05, 0) is 64.2 Å². The molecule has 0 saturated heterocycles. The van der Waals surface area contributed by atoms with Crippen LogP contribution in [0.5, 0.6) is 5.75 Å². The second-order valence-electron chi connectivity index (χ2n) is 9.78. The predicted octanol–water partition coefficient (Wildman–Crippen LogP) is 3.53. The highest BCUT2D eigenvalue weighted by Crippen LogP contribution is 2.39. The molecule has 1 aliphatic carbocycles. The van der Waals surface area contributed by atoms with Gasteiger partial charge in [-0.1, -0.05) is 42.5 Å². The number of hydrogen-bond acceptors (Lipinski definition) is 4. The zero-order valence-corrected chi connectivity index (χ0v) is 20.7. The number of hydrogen-bond donors (Lipinski definition) is 3. The van der Waals surface area contributed by atoms with Gasteiger partial charge in [0.15, 0.2) is 0 Å². The quantitative estimate of drug-likeness (QED) is 0.546. The molecule has 0 bridgehead atoms. The van der Waals surface area contributed by atoms with Crippen LogP contribution < -0.4 is 19.5 Å². The highest BCUT2D eigenvalue weighted by molar-refractivity contribution is 7.87. The van der Waals surface area contributed by atoms with Gasteiger partial charge < -0.3 is 10.1 Å². The Hall–Kier alpha value is -2.42. The number of rotatable bonds is 8. The van der Waals surface area contributed by atoms with E-state index in [0.717, 1.165) is 18.4 Å². The van der Waals surface area contributed by atoms with Crippen LogP contribution in [0.15, 0.2) is 54.6 Å². The molecule has 0 radical (unpaired) electrons. The van der Waals surface area contributed by atoms with E-state index in [2.05, 4.69) is 26.9 Å². The summed E-state index contributed by atoms with van der Waals surface area (Å²) >= 11 is 0. The average Bonchev–Trinajstić information content (AvgIpc) is 2.77. The second-order valence-corrected chi connectivity index (χ2v) is 11.2. The molecule has 1 amide bonds. The molecule has 33 heavy (non-hydrogen) atoms. The largest absolute Gasteiger partial charge is 0.496 e. The molecule has 3 N–H and O–H groups in total. The lowest BCUT2D eigenvalue weighted by Crippen LogP contribution is -2.52. The van der Waals surface area contributed by atoms with Crippen molar-refractivity contribution in [2.24, 2.45) is 0 Å². The molecule has 3 rings (SSSR count). The first-order valence-corrected chi connectivity index (χ1v) is 12.8. The van der Waals surface area contributed by atoms with Gasteiger partial charge in [0.05, 0.1) is 12.7 Å². The summed E-state index contributed by atoms with van der Waals surface area (Å²) in [5.41, 5.74) is 0.840. The lowest BCUT2D eigenvalue weighted by atomic mass is 9.68. The van der Waals surface area contributed by atoms with Crippen LogP contribution in [-0.4, -0.2) is 39.6 Å². The highest BCUT2D eigenvalue weighted by atomic mass is 32.2. The van der Waals surface area contributed by atoms with Gasteiger partial charge in [-0.25, -0.2) is 0 Å². The van der Waals surface area contributed by atoms with Crippen molar-refractivity contribution in [1.29, 1.82) is 0 Å². The summed E-state index contributed by atoms with van der Waals surface area (Å²) in [6, 6.07) is 17.2. The molecule has 0 spiro atoms. The molecular formula is C25H35N3O4S. The normalized spacial score (nSPS) is 21.4. The average molecular weight is 474 g/mol. The van der Waals surface area contributed by atoms with E-state index in [0.29, 0.717) is 30.7 Å². The summed E-state index contributed by atoms with van der Waals surface area (Å²) in [5, 5.41) is 3.11. The molecule has 1 aliphatic rings. The number of para-hydroxylation sites is 1. The van der Waals surface area contributed by atoms with E-state index in [4.69, 9.17) is 4.74 Å². The van der Waals surface area contributed by atoms with Crippen molar-refractivity contribution in [3.05, 3.63) is 65.7 Å². The Labute approximate surface area is 197 Å². The van der Waals surface area contributed by atoms with Crippen LogP contribution in [0.3, 0.4) is 0 Å². The van der Waals surface area contributed by atoms with E-state index in [1.807, 2.05) is 51.1 Å². The fourth-order valence-corrected chi connectivity index (χ4v) is 6.02. The standard InChI is InChI=1S/C25H35N3O4S/c1-24(2,3)28-33(30,31)27-20-14-16-25(17-15-20,19-10-6-5-7-11-19)18-26-23(29)21-12-8-9-13-22(21)32-4/h5-13,20,27-28H,14-18H2,1-4H3,(H,26,29). The molecule has 0 aliphatic heterocycles. The number of carbonyl (C=O) groups excluding carboxylic acids is 1. The first-order chi connectivity index (χ1) is 15.5. The third-order valence-electron chi connectivity index (χ3n) is 6.03. The topological polar surface area (TPSA) is 96.5 Å². The Morgan fingerprint density at radius 2 is 1.64 bits per heavy atom. The smallest absolute Gasteiger partial charge is 0.277 e. The summed E-state index contributed by atoms with van der Waals surface area (Å²) < 4.78 is 35.8. The van der Waals surface area contributed by atoms with Gasteiger partial charge in [-0.2, -0.15) is 17.9 Å². The third-order valence-corrected chi connectivity index (χ3v) is 7.55. The lowest BCUT2D eigenvalue weighted by Gasteiger charge is -2.41. The maximum Gasteiger partial charge on any atom is 0.277 e. The number of benzene rings is 2. The molecule has 1 fully saturated rings. The van der Waals surface area contributed by atoms with Gasteiger partial charge in [-0.15, -0.1) is 0 Å². The SMILES string of the molecule is COc1ccccc1C(=O)NCC1(c2ccccc2)CCC(NS(=O)(=O)NC(C)(C)C)CC1. The van der Waals surface area contributed by atoms with Gasteiger partial charge in [0, 0.05) is 23.5 Å². The van der Waals surface area contributed by atoms with Crippen LogP contribution in [0.25, 0.3) is 0 Å². The maximum atomic E-state index is 12.9. The first kappa shape index (κ1) is 25.2. The molecule has 8 heteroatoms. The summed E-state index contributed by atoms with van der Waals surface area (Å²) in [6.45, 7) is 5.92. The predicted molar refractivity (Wildman–Crippen MR) is 131 cm³/mol. The minimum Gasteiger partial charge on any atom is -0.496 e. The van der Waals surface area contributed by atoms with Crippen molar-refractivity contribution in [3.8, 4) is 5.75 Å². The van der Waals surface area contributed by atoms with Crippen LogP contribution in [-0.2, 0) is 15.6 Å². The van der Waals surface area contributed by atoms with E-state index in [9.17, 15) is 13.2 Å². The minimum atomic E-state index is -3.59. The van der Waals surface area contributed by atoms with Crippen molar-refractivity contribution in [3.63, 3.8) is 0 Å². The van der Waals surface area contributed by atoms with Crippen LogP contribution in [0.1, 0.15) is 62.4 Å². The van der Waals surface area contributed by atoms with Gasteiger partial charge in [-0.3, -0.25) is 4.79 Å². The van der Waals surface area contributed by atoms with E-state index in [1.54, 1.807) is 19.2 Å². The Kier molecular flexibility index (Phi) is 7.82. The van der Waals surface area contributed by atoms with Crippen LogP contribution in [0.2, 0.25) is 0 Å². The summed E-state index contributed by atoms with van der Waals surface area (Å²) in [4.78, 5) is 12.9. The summed E-state index contributed by atoms with van der Waals surface area (Å²) in [7, 11) is -2.04. The fraction of sp³-hybridized carbons (Fsp3) is 0.480. The second kappa shape index (κ2) is 10.2. The first-order valence-electron chi connectivity index (χ1n) is 11.3. The Bertz CT molecular complexity index is 1040. The molecule has 0 heterocycles. The molecule has 0 aromatic heterocycles. The zero-order chi connectivity index (χ0) is 24.1. The van der Waals surface area contributed by atoms with Gasteiger partial charge >= 0.3 is 0 Å². The summed E-state index contributed by atoms with van der Waals surface area (Å²) in [6.07, 6.45) is 2.88. The number of ether oxygens (including phenoxy) is 1. The van der Waals surface area contributed by atoms with E-state index in [-0.39, 0.29) is 17.4 Å². The molecule has 1 saturated carbocycles. The lowest BCUT2D eigenvalue weighted by molar-refractivity contribution is 0.0932. The zero-order valence-electron chi connectivity index (χ0n) is 19.9. The number of carbonyl (C=O) groups is 1. The van der Waals surface area contributed by atoms with Crippen molar-refractivity contribution in [1.82, 2.24) is 14.8 Å². The van der Waals surface area contributed by atoms with Gasteiger partial charge in [0.25, 0.3) is 16.1 Å². The van der Waals surface area contributed by atoms with E-state index in [1.165, 1.54) is 0 Å². The molecule has 2 aromatic rings. The maximum absolute atomic E-state index is 12.9. The summed E-state index contributed by atoms with van der Waals surface area (Å²) in [5.74, 6) is 0.355. The Balaban J connectivity index is 1.73. The monoisotopic (exact) mass is 473 g/mol. The number of nitrogens with one attached hydrogen (secondary N) is 3. The molecular weight excluding hydrogens is 438 g/mol. The van der Waals surface area contributed by atoms with Crippen molar-refractivity contribution in [2.45, 2.75) is 63.5 Å². The van der Waals surface area contributed by atoms with Crippen LogP contribution in [0, 0.1) is 0 Å². The third kappa shape index (κ3) is 6.79. The van der Waals surface area contributed by atoms with Gasteiger partial charge in [0.1, 0.15) is 5.75 Å². The number of methoxy groups -OCH3 is 1. The van der Waals surface area contributed by atoms with Gasteiger partial charge in [0.2, 0.25) is 0 Å². The number of amides is 1. The van der Waals surface area contributed by atoms with Crippen molar-refractivity contribution >= 4 is 16.1 Å². The molecule has 180 valence electrons. The minimum absolute atomic E-state index is 0.147. The molecule has 2 aromatic carbocycles. The van der Waals surface area contributed by atoms with Crippen molar-refractivity contribution < 1.29 is 17.9 Å². The molecule has 7 nitrogen and oxygen atoms in total. The van der Waals surface area contributed by atoms with E-state index >= 15 is 0 Å². The van der Waals surface area contributed by atoms with E-state index < -0.39 is 15.7 Å². The van der Waals surface area contributed by atoms with Crippen LogP contribution in [0.4, 0.5) is 0 Å². The Morgan fingerprint density at radius 1 is 1.03 bits per heavy atom.